The minimum absolute atomic E-state index is 1.16. The lowest BCUT2D eigenvalue weighted by Gasteiger charge is -2.09. The van der Waals surface area contributed by atoms with Crippen molar-refractivity contribution >= 4 is 128 Å². The number of aromatic amines is 1. The van der Waals surface area contributed by atoms with Crippen LogP contribution >= 0.6 is 22.7 Å². The topological polar surface area (TPSA) is 20.7 Å². The number of nitrogens with zero attached hydrogens (tertiary/aromatic N) is 1. The molecule has 0 aliphatic carbocycles. The maximum absolute atomic E-state index is 3.77. The van der Waals surface area contributed by atoms with Gasteiger partial charge in [-0.1, -0.05) is 78.9 Å². The number of hydrogen-bond donors (Lipinski definition) is 1. The van der Waals surface area contributed by atoms with Gasteiger partial charge in [-0.25, -0.2) is 0 Å². The predicted molar refractivity (Wildman–Crippen MR) is 236 cm³/mol. The molecule has 9 aromatic carbocycles. The summed E-state index contributed by atoms with van der Waals surface area (Å²) in [7, 11) is 0. The number of thiophene rings is 2. The van der Waals surface area contributed by atoms with E-state index < -0.39 is 0 Å². The highest BCUT2D eigenvalue weighted by atomic mass is 32.1. The molecule has 13 aromatic rings. The number of para-hydroxylation sites is 1. The first-order chi connectivity index (χ1) is 26.7. The van der Waals surface area contributed by atoms with E-state index in [2.05, 4.69) is 173 Å². The Balaban J connectivity index is 1.03. The van der Waals surface area contributed by atoms with E-state index in [1.807, 2.05) is 22.7 Å². The number of rotatable bonds is 2. The lowest BCUT2D eigenvalue weighted by atomic mass is 9.98. The highest BCUT2D eigenvalue weighted by Crippen LogP contribution is 2.44. The van der Waals surface area contributed by atoms with Gasteiger partial charge < -0.3 is 9.55 Å². The fraction of sp³-hybridized carbons (Fsp3) is 0. The van der Waals surface area contributed by atoms with Gasteiger partial charge in [0, 0.05) is 78.6 Å². The summed E-state index contributed by atoms with van der Waals surface area (Å²) in [6.07, 6.45) is 0. The van der Waals surface area contributed by atoms with Crippen LogP contribution in [0, 0.1) is 0 Å². The van der Waals surface area contributed by atoms with Gasteiger partial charge in [0.05, 0.1) is 11.0 Å². The molecule has 0 unspecified atom stereocenters. The summed E-state index contributed by atoms with van der Waals surface area (Å²) in [5.74, 6) is 0. The lowest BCUT2D eigenvalue weighted by Crippen LogP contribution is -1.93. The van der Waals surface area contributed by atoms with Crippen LogP contribution in [0.4, 0.5) is 0 Å². The largest absolute Gasteiger partial charge is 0.354 e. The van der Waals surface area contributed by atoms with Crippen LogP contribution in [-0.4, -0.2) is 9.55 Å². The summed E-state index contributed by atoms with van der Waals surface area (Å²) in [5.41, 5.74) is 8.40. The fourth-order valence-electron chi connectivity index (χ4n) is 9.22. The molecule has 4 aromatic heterocycles. The molecule has 4 heterocycles. The van der Waals surface area contributed by atoms with Gasteiger partial charge in [0.15, 0.2) is 0 Å². The number of hydrogen-bond acceptors (Lipinski definition) is 2. The number of aromatic nitrogens is 2. The highest BCUT2D eigenvalue weighted by molar-refractivity contribution is 7.26. The summed E-state index contributed by atoms with van der Waals surface area (Å²) in [5, 5.41) is 15.6. The van der Waals surface area contributed by atoms with Crippen LogP contribution in [0.5, 0.6) is 0 Å². The Labute approximate surface area is 316 Å². The molecule has 1 N–H and O–H groups in total. The first kappa shape index (κ1) is 29.0. The van der Waals surface area contributed by atoms with Crippen LogP contribution < -0.4 is 0 Å². The lowest BCUT2D eigenvalue weighted by molar-refractivity contribution is 1.18. The van der Waals surface area contributed by atoms with Gasteiger partial charge >= 0.3 is 0 Å². The van der Waals surface area contributed by atoms with Crippen molar-refractivity contribution in [2.75, 3.05) is 0 Å². The maximum Gasteiger partial charge on any atom is 0.0547 e. The molecule has 0 radical (unpaired) electrons. The summed E-state index contributed by atoms with van der Waals surface area (Å²) >= 11 is 3.76. The maximum atomic E-state index is 3.77. The van der Waals surface area contributed by atoms with Crippen molar-refractivity contribution in [3.05, 3.63) is 164 Å². The van der Waals surface area contributed by atoms with Gasteiger partial charge in [0.2, 0.25) is 0 Å². The monoisotopic (exact) mass is 720 g/mol. The third-order valence-electron chi connectivity index (χ3n) is 11.7. The van der Waals surface area contributed by atoms with Crippen LogP contribution in [0.1, 0.15) is 0 Å². The van der Waals surface area contributed by atoms with E-state index in [0.29, 0.717) is 0 Å². The van der Waals surface area contributed by atoms with Crippen molar-refractivity contribution in [3.8, 4) is 16.8 Å². The fourth-order valence-corrected chi connectivity index (χ4v) is 11.5. The smallest absolute Gasteiger partial charge is 0.0547 e. The van der Waals surface area contributed by atoms with Crippen molar-refractivity contribution < 1.29 is 0 Å². The number of fused-ring (bicyclic) bond motifs is 16. The molecule has 54 heavy (non-hydrogen) atoms. The molecular weight excluding hydrogens is 693 g/mol. The van der Waals surface area contributed by atoms with Crippen molar-refractivity contribution in [2.45, 2.75) is 0 Å². The summed E-state index contributed by atoms with van der Waals surface area (Å²) in [6, 6.07) is 61.2. The first-order valence-corrected chi connectivity index (χ1v) is 20.0. The number of H-pyrrole nitrogens is 1. The molecule has 4 heteroatoms. The quantitative estimate of drug-likeness (QED) is 0.184. The van der Waals surface area contributed by atoms with Gasteiger partial charge in [-0.2, -0.15) is 0 Å². The third kappa shape index (κ3) is 3.93. The summed E-state index contributed by atoms with van der Waals surface area (Å²) in [4.78, 5) is 3.77. The van der Waals surface area contributed by atoms with E-state index in [0.717, 1.165) is 5.52 Å². The summed E-state index contributed by atoms with van der Waals surface area (Å²) < 4.78 is 7.80. The van der Waals surface area contributed by atoms with E-state index in [-0.39, 0.29) is 0 Å². The summed E-state index contributed by atoms with van der Waals surface area (Å²) in [6.45, 7) is 0. The Kier molecular flexibility index (Phi) is 5.69. The molecule has 0 amide bonds. The Morgan fingerprint density at radius 2 is 0.926 bits per heavy atom. The molecule has 0 atom stereocenters. The van der Waals surface area contributed by atoms with E-state index in [4.69, 9.17) is 0 Å². The minimum Gasteiger partial charge on any atom is -0.354 e. The van der Waals surface area contributed by atoms with Gasteiger partial charge in [0.25, 0.3) is 0 Å². The zero-order valence-electron chi connectivity index (χ0n) is 28.9. The van der Waals surface area contributed by atoms with E-state index in [1.165, 1.54) is 117 Å². The zero-order valence-corrected chi connectivity index (χ0v) is 30.5. The normalized spacial score (nSPS) is 12.4. The van der Waals surface area contributed by atoms with Crippen LogP contribution in [0.25, 0.3) is 122 Å². The van der Waals surface area contributed by atoms with Crippen LogP contribution in [0.2, 0.25) is 0 Å². The van der Waals surface area contributed by atoms with Gasteiger partial charge in [0.1, 0.15) is 0 Å². The van der Waals surface area contributed by atoms with Gasteiger partial charge in [-0.15, -0.1) is 22.7 Å². The minimum atomic E-state index is 1.16. The average Bonchev–Trinajstić information content (AvgIpc) is 3.97. The predicted octanol–water partition coefficient (Wildman–Crippen LogP) is 15.1. The average molecular weight is 721 g/mol. The SMILES string of the molecule is c1ccc(-n2c3ccc(-c4ccc5[nH]c6cc7c(ccc8sc9ccccc9c87)cc6c5c4)cc3c3cc4ccc5sc6ccccc6c5c4cc32)cc1. The molecule has 0 fully saturated rings. The second-order valence-electron chi connectivity index (χ2n) is 14.6. The second kappa shape index (κ2) is 10.6. The standard InChI is InChI=1S/C50H28N2S2/c1-2-8-32(9-3-1)52-43-19-15-29(23-39(43)40-25-31-17-21-48-50(36(31)27-44(40)52)34-11-5-7-13-46(34)54-48)28-14-18-41-37(22-28)38-24-30-16-20-47-49(35(30)26-42(38)51-41)33-10-4-6-12-45(33)53-47/h1-27,51H. The molecule has 0 saturated heterocycles. The van der Waals surface area contributed by atoms with Crippen LogP contribution in [0.15, 0.2) is 164 Å². The number of nitrogens with one attached hydrogen (secondary N) is 1. The van der Waals surface area contributed by atoms with Crippen molar-refractivity contribution in [2.24, 2.45) is 0 Å². The van der Waals surface area contributed by atoms with Crippen molar-refractivity contribution in [3.63, 3.8) is 0 Å². The molecule has 0 spiro atoms. The zero-order chi connectivity index (χ0) is 35.1. The second-order valence-corrected chi connectivity index (χ2v) is 16.7. The van der Waals surface area contributed by atoms with Gasteiger partial charge in [-0.05, 0) is 118 Å². The molecule has 250 valence electrons. The van der Waals surface area contributed by atoms with Crippen LogP contribution in [-0.2, 0) is 0 Å². The molecule has 0 aliphatic heterocycles. The highest BCUT2D eigenvalue weighted by Gasteiger charge is 2.18. The van der Waals surface area contributed by atoms with Gasteiger partial charge in [-0.3, -0.25) is 0 Å². The molecule has 0 bridgehead atoms. The number of benzene rings is 9. The molecule has 0 aliphatic rings. The Morgan fingerprint density at radius 1 is 0.352 bits per heavy atom. The Morgan fingerprint density at radius 3 is 1.65 bits per heavy atom. The van der Waals surface area contributed by atoms with E-state index in [1.54, 1.807) is 0 Å². The van der Waals surface area contributed by atoms with Crippen molar-refractivity contribution in [1.82, 2.24) is 9.55 Å². The molecule has 13 rings (SSSR count). The Bertz CT molecular complexity index is 3730. The van der Waals surface area contributed by atoms with Crippen LogP contribution in [0.3, 0.4) is 0 Å². The van der Waals surface area contributed by atoms with E-state index >= 15 is 0 Å². The van der Waals surface area contributed by atoms with E-state index in [9.17, 15) is 0 Å². The Hall–Kier alpha value is -6.46. The van der Waals surface area contributed by atoms with Crippen molar-refractivity contribution in [1.29, 1.82) is 0 Å². The molecular formula is C50H28N2S2. The third-order valence-corrected chi connectivity index (χ3v) is 13.9. The molecule has 2 nitrogen and oxygen atoms in total. The molecule has 0 saturated carbocycles. The first-order valence-electron chi connectivity index (χ1n) is 18.4.